The van der Waals surface area contributed by atoms with Crippen LogP contribution in [0.1, 0.15) is 10.4 Å². The van der Waals surface area contributed by atoms with Gasteiger partial charge in [-0.3, -0.25) is 0 Å². The number of hydrogen-bond acceptors (Lipinski definition) is 7. The first-order valence-corrected chi connectivity index (χ1v) is 13.6. The summed E-state index contributed by atoms with van der Waals surface area (Å²) < 4.78 is 0. The summed E-state index contributed by atoms with van der Waals surface area (Å²) in [6.07, 6.45) is 0. The number of hydrogen-bond donors (Lipinski definition) is 3. The van der Waals surface area contributed by atoms with Crippen LogP contribution in [0.25, 0.3) is 89.7 Å². The molecule has 3 N–H and O–H groups in total. The Morgan fingerprint density at radius 1 is 0.477 bits per heavy atom. The Bertz CT molecular complexity index is 2510. The number of aromatic nitrogens is 8. The zero-order valence-corrected chi connectivity index (χ0v) is 23.7. The average molecular weight is 614 g/mol. The Balaban J connectivity index is 0.00000289. The molecule has 0 unspecified atom stereocenters. The quantitative estimate of drug-likeness (QED) is 0.176. The van der Waals surface area contributed by atoms with Gasteiger partial charge < -0.3 is 15.1 Å². The summed E-state index contributed by atoms with van der Waals surface area (Å²) in [5.74, 6) is 0.791. The largest absolute Gasteiger partial charge is 0.478 e. The molecule has 0 amide bonds. The maximum absolute atomic E-state index is 12.3. The number of H-pyrrole nitrogens is 2. The minimum atomic E-state index is -1.07. The molecule has 10 nitrogen and oxygen atoms in total. The van der Waals surface area contributed by atoms with Crippen molar-refractivity contribution in [1.29, 1.82) is 0 Å². The van der Waals surface area contributed by atoms with Gasteiger partial charge in [-0.25, -0.2) is 34.7 Å². The van der Waals surface area contributed by atoms with E-state index in [0.717, 1.165) is 33.0 Å². The smallest absolute Gasteiger partial charge is 0.336 e. The molecular formula is C33H18FeN8O2. The van der Waals surface area contributed by atoms with Crippen molar-refractivity contribution >= 4 is 50.1 Å². The van der Waals surface area contributed by atoms with Crippen LogP contribution in [0.15, 0.2) is 91.0 Å². The van der Waals surface area contributed by atoms with E-state index in [-0.39, 0.29) is 22.6 Å². The van der Waals surface area contributed by atoms with Crippen molar-refractivity contribution in [2.24, 2.45) is 0 Å². The third kappa shape index (κ3) is 3.77. The minimum absolute atomic E-state index is 0. The van der Waals surface area contributed by atoms with Crippen molar-refractivity contribution in [3.8, 4) is 45.6 Å². The molecule has 0 aliphatic carbocycles. The van der Waals surface area contributed by atoms with Gasteiger partial charge in [-0.05, 0) is 6.07 Å². The number of nitrogens with one attached hydrogen (secondary N) is 2. The second-order valence-corrected chi connectivity index (χ2v) is 10.3. The molecule has 2 aliphatic rings. The zero-order chi connectivity index (χ0) is 28.7. The van der Waals surface area contributed by atoms with Gasteiger partial charge in [-0.1, -0.05) is 84.9 Å². The number of aromatic amines is 2. The monoisotopic (exact) mass is 614 g/mol. The Hall–Kier alpha value is -5.77. The molecule has 0 saturated carbocycles. The number of carbonyl (C=O) groups is 1. The molecule has 0 spiro atoms. The summed E-state index contributed by atoms with van der Waals surface area (Å²) in [5.41, 5.74) is 5.36. The SMILES string of the molecule is O=C(O)c1cccc2c3nc4nc(nc5[nH]c(nc6nc(nc([nH]3)c12)-c1ccccc1-6)c1ccccc51)-c1ccccc1-4.[Fe]. The van der Waals surface area contributed by atoms with Crippen LogP contribution in [0.2, 0.25) is 0 Å². The predicted octanol–water partition coefficient (Wildman–Crippen LogP) is 6.56. The molecule has 8 bridgehead atoms. The molecule has 11 heteroatoms. The maximum atomic E-state index is 12.3. The summed E-state index contributed by atoms with van der Waals surface area (Å²) in [6.45, 7) is 0. The summed E-state index contributed by atoms with van der Waals surface area (Å²) in [5, 5.41) is 12.9. The molecule has 2 aliphatic heterocycles. The fraction of sp³-hybridized carbons (Fsp3) is 0. The maximum Gasteiger partial charge on any atom is 0.336 e. The molecule has 7 aromatic rings. The molecule has 0 saturated heterocycles. The molecule has 210 valence electrons. The van der Waals surface area contributed by atoms with Crippen molar-refractivity contribution in [2.75, 3.05) is 0 Å². The number of nitrogens with zero attached hydrogens (tertiary/aromatic N) is 6. The molecule has 0 radical (unpaired) electrons. The summed E-state index contributed by atoms with van der Waals surface area (Å²) in [6, 6.07) is 28.5. The Kier molecular flexibility index (Phi) is 5.67. The van der Waals surface area contributed by atoms with Gasteiger partial charge in [0.05, 0.1) is 5.56 Å². The fourth-order valence-electron chi connectivity index (χ4n) is 5.87. The number of carboxylic acids is 1. The van der Waals surface area contributed by atoms with Crippen LogP contribution in [0.3, 0.4) is 0 Å². The Morgan fingerprint density at radius 3 is 1.34 bits per heavy atom. The molecule has 0 atom stereocenters. The summed E-state index contributed by atoms with van der Waals surface area (Å²) >= 11 is 0. The van der Waals surface area contributed by atoms with Crippen LogP contribution in [0.5, 0.6) is 0 Å². The van der Waals surface area contributed by atoms with E-state index in [2.05, 4.69) is 9.97 Å². The van der Waals surface area contributed by atoms with Gasteiger partial charge in [0.15, 0.2) is 23.3 Å². The number of fused-ring (bicyclic) bond motifs is 20. The Labute approximate surface area is 258 Å². The van der Waals surface area contributed by atoms with Crippen LogP contribution >= 0.6 is 0 Å². The van der Waals surface area contributed by atoms with Crippen LogP contribution in [-0.4, -0.2) is 50.9 Å². The van der Waals surface area contributed by atoms with Crippen molar-refractivity contribution in [3.05, 3.63) is 96.6 Å². The van der Waals surface area contributed by atoms with Crippen molar-refractivity contribution in [3.63, 3.8) is 0 Å². The zero-order valence-electron chi connectivity index (χ0n) is 22.6. The number of rotatable bonds is 1. The van der Waals surface area contributed by atoms with Crippen molar-refractivity contribution < 1.29 is 27.0 Å². The second-order valence-electron chi connectivity index (χ2n) is 10.3. The van der Waals surface area contributed by atoms with E-state index in [9.17, 15) is 9.90 Å². The van der Waals surface area contributed by atoms with Gasteiger partial charge in [0.2, 0.25) is 0 Å². The van der Waals surface area contributed by atoms with Gasteiger partial charge in [0.1, 0.15) is 22.6 Å². The number of carboxylic acid groups (broad SMARTS) is 1. The molecule has 44 heavy (non-hydrogen) atoms. The van der Waals surface area contributed by atoms with E-state index in [0.29, 0.717) is 56.7 Å². The van der Waals surface area contributed by atoms with E-state index in [1.54, 1.807) is 12.1 Å². The second kappa shape index (κ2) is 9.63. The van der Waals surface area contributed by atoms with Crippen LogP contribution < -0.4 is 0 Å². The van der Waals surface area contributed by atoms with Crippen molar-refractivity contribution in [1.82, 2.24) is 39.9 Å². The first-order chi connectivity index (χ1) is 21.1. The van der Waals surface area contributed by atoms with Crippen LogP contribution in [-0.2, 0) is 17.1 Å². The molecular weight excluding hydrogens is 596 g/mol. The normalized spacial score (nSPS) is 11.6. The van der Waals surface area contributed by atoms with E-state index < -0.39 is 5.97 Å². The van der Waals surface area contributed by atoms with Gasteiger partial charge in [-0.15, -0.1) is 0 Å². The van der Waals surface area contributed by atoms with E-state index >= 15 is 0 Å². The number of benzene rings is 4. The number of aromatic carboxylic acids is 1. The van der Waals surface area contributed by atoms with Crippen LogP contribution in [0, 0.1) is 0 Å². The van der Waals surface area contributed by atoms with E-state index in [1.165, 1.54) is 0 Å². The van der Waals surface area contributed by atoms with Gasteiger partial charge >= 0.3 is 5.97 Å². The topological polar surface area (TPSA) is 146 Å². The van der Waals surface area contributed by atoms with Crippen molar-refractivity contribution in [2.45, 2.75) is 0 Å². The van der Waals surface area contributed by atoms with Gasteiger partial charge in [-0.2, -0.15) is 0 Å². The van der Waals surface area contributed by atoms with E-state index in [4.69, 9.17) is 29.9 Å². The molecule has 0 fully saturated rings. The van der Waals surface area contributed by atoms with Crippen LogP contribution in [0.4, 0.5) is 0 Å². The molecule has 3 aromatic heterocycles. The fourth-order valence-corrected chi connectivity index (χ4v) is 5.87. The first-order valence-electron chi connectivity index (χ1n) is 13.6. The third-order valence-electron chi connectivity index (χ3n) is 7.81. The minimum Gasteiger partial charge on any atom is -0.478 e. The molecule has 9 rings (SSSR count). The van der Waals surface area contributed by atoms with Gasteiger partial charge in [0.25, 0.3) is 0 Å². The predicted molar refractivity (Wildman–Crippen MR) is 163 cm³/mol. The standard InChI is InChI=1S/C33H18N8O2.Fe/c42-33(43)23-15-7-14-22-24(23)32-40-30-21-13-6-5-12-20(21)28(38-30)36-26-17-9-2-1-8-16(17)25(34-26)35-27-18-10-3-4-11-19(18)29(37-27)39-31(22)41-32;/h1-15H,(H,42,43)(H2,34,35,36,37,38,39,40,41);. The summed E-state index contributed by atoms with van der Waals surface area (Å²) in [7, 11) is 0. The molecule has 5 heterocycles. The third-order valence-corrected chi connectivity index (χ3v) is 7.81. The van der Waals surface area contributed by atoms with E-state index in [1.807, 2.05) is 78.9 Å². The summed E-state index contributed by atoms with van der Waals surface area (Å²) in [4.78, 5) is 48.5. The average Bonchev–Trinajstić information content (AvgIpc) is 3.76. The first kappa shape index (κ1) is 25.9. The van der Waals surface area contributed by atoms with Gasteiger partial charge in [0, 0.05) is 60.9 Å². The molecule has 4 aromatic carbocycles. The Morgan fingerprint density at radius 2 is 0.864 bits per heavy atom.